The molecule has 0 fully saturated rings. The molecule has 0 saturated heterocycles. The minimum Gasteiger partial charge on any atom is -0.397 e. The van der Waals surface area contributed by atoms with Crippen LogP contribution in [0.4, 0.5) is 11.4 Å². The summed E-state index contributed by atoms with van der Waals surface area (Å²) in [4.78, 5) is 7.38. The first-order chi connectivity index (χ1) is 14.3. The number of benzene rings is 2. The van der Waals surface area contributed by atoms with Gasteiger partial charge >= 0.3 is 0 Å². The highest BCUT2D eigenvalue weighted by Crippen LogP contribution is 2.19. The van der Waals surface area contributed by atoms with Gasteiger partial charge in [0.05, 0.1) is 34.2 Å². The molecule has 11 heteroatoms. The van der Waals surface area contributed by atoms with Crippen molar-refractivity contribution >= 4 is 107 Å². The molecule has 0 bridgehead atoms. The van der Waals surface area contributed by atoms with Crippen LogP contribution in [0.5, 0.6) is 0 Å². The average Bonchev–Trinajstić information content (AvgIpc) is 3.17. The molecule has 3 aromatic rings. The molecule has 2 aromatic carbocycles. The van der Waals surface area contributed by atoms with Crippen molar-refractivity contribution in [1.82, 2.24) is 9.97 Å². The van der Waals surface area contributed by atoms with Gasteiger partial charge in [-0.3, -0.25) is 5.41 Å². The number of hydrogen-bond acceptors (Lipinski definition) is 4. The molecule has 0 radical (unpaired) electrons. The Kier molecular flexibility index (Phi) is 23.8. The average molecular weight is 641 g/mol. The maximum absolute atomic E-state index is 6.38. The predicted octanol–water partition coefficient (Wildman–Crippen LogP) is 8.59. The zero-order valence-electron chi connectivity index (χ0n) is 17.8. The second-order valence-electron chi connectivity index (χ2n) is 4.79. The Hall–Kier alpha value is -0.700. The van der Waals surface area contributed by atoms with Crippen LogP contribution in [-0.4, -0.2) is 21.0 Å². The van der Waals surface area contributed by atoms with Gasteiger partial charge in [-0.15, -0.1) is 35.6 Å². The largest absolute Gasteiger partial charge is 0.397 e. The standard InChI is InChI=1S/C8H6BrClN2.C6H7BrN2.C2H3Cl2N.2C2H6.ClH/c9-5-1-2-6-7(3-5)12-8(4-10)11-6;7-4-1-2-5(8)6(9)3-4;3-1-2(4)5;2*1-2;/h1-3H,4H2,(H,11,12);1-3H,8-9H2;5H,1H2;2*1-2H3;1H. The van der Waals surface area contributed by atoms with Crippen molar-refractivity contribution in [2.24, 2.45) is 0 Å². The van der Waals surface area contributed by atoms with E-state index in [-0.39, 0.29) is 23.5 Å². The van der Waals surface area contributed by atoms with Gasteiger partial charge in [-0.2, -0.15) is 0 Å². The predicted molar refractivity (Wildman–Crippen MR) is 151 cm³/mol. The van der Waals surface area contributed by atoms with Gasteiger partial charge in [0, 0.05) is 8.95 Å². The molecule has 0 atom stereocenters. The number of nitrogen functional groups attached to an aromatic ring is 2. The molecule has 0 aliphatic carbocycles. The Morgan fingerprint density at radius 1 is 0.968 bits per heavy atom. The maximum Gasteiger partial charge on any atom is 0.122 e. The molecule has 6 N–H and O–H groups in total. The summed E-state index contributed by atoms with van der Waals surface area (Å²) in [6.07, 6.45) is 0. The van der Waals surface area contributed by atoms with Gasteiger partial charge in [0.25, 0.3) is 0 Å². The Balaban J connectivity index is -0.000000369. The SMILES string of the molecule is CC.CC.Cl.ClCc1nc2ccc(Br)cc2[nH]1.N=C(Cl)CCl.Nc1ccc(Br)cc1N. The van der Waals surface area contributed by atoms with Gasteiger partial charge in [-0.05, 0) is 36.4 Å². The van der Waals surface area contributed by atoms with E-state index >= 15 is 0 Å². The number of anilines is 2. The van der Waals surface area contributed by atoms with Crippen LogP contribution >= 0.6 is 79.1 Å². The van der Waals surface area contributed by atoms with Crippen molar-refractivity contribution in [3.05, 3.63) is 51.2 Å². The van der Waals surface area contributed by atoms with Crippen molar-refractivity contribution < 1.29 is 0 Å². The number of halogens is 6. The van der Waals surface area contributed by atoms with E-state index in [1.54, 1.807) is 12.1 Å². The van der Waals surface area contributed by atoms with E-state index in [1.807, 2.05) is 52.0 Å². The lowest BCUT2D eigenvalue weighted by molar-refractivity contribution is 1.13. The highest BCUT2D eigenvalue weighted by molar-refractivity contribution is 9.10. The molecule has 0 spiro atoms. The highest BCUT2D eigenvalue weighted by Gasteiger charge is 2.00. The Bertz CT molecular complexity index is 876. The molecular weight excluding hydrogens is 612 g/mol. The molecule has 176 valence electrons. The number of alkyl halides is 2. The van der Waals surface area contributed by atoms with E-state index in [2.05, 4.69) is 41.8 Å². The summed E-state index contributed by atoms with van der Waals surface area (Å²) < 4.78 is 1.99. The fraction of sp³-hybridized carbons (Fsp3) is 0.300. The van der Waals surface area contributed by atoms with Crippen molar-refractivity contribution in [2.45, 2.75) is 33.6 Å². The first-order valence-corrected chi connectivity index (χ1v) is 12.1. The molecule has 31 heavy (non-hydrogen) atoms. The number of fused-ring (bicyclic) bond motifs is 1. The molecule has 0 unspecified atom stereocenters. The summed E-state index contributed by atoms with van der Waals surface area (Å²) in [7, 11) is 0. The van der Waals surface area contributed by atoms with E-state index in [0.717, 1.165) is 25.8 Å². The summed E-state index contributed by atoms with van der Waals surface area (Å²) in [5.41, 5.74) is 14.1. The second kappa shape index (κ2) is 21.2. The minimum atomic E-state index is -0.00772. The lowest BCUT2D eigenvalue weighted by atomic mass is 10.3. The van der Waals surface area contributed by atoms with Crippen LogP contribution < -0.4 is 11.5 Å². The number of nitrogens with zero attached hydrogens (tertiary/aromatic N) is 1. The number of nitrogens with two attached hydrogens (primary N) is 2. The van der Waals surface area contributed by atoms with E-state index in [1.165, 1.54) is 0 Å². The number of nitrogens with one attached hydrogen (secondary N) is 2. The lowest BCUT2D eigenvalue weighted by Crippen LogP contribution is -1.92. The quantitative estimate of drug-likeness (QED) is 0.128. The molecule has 1 heterocycles. The molecule has 5 nitrogen and oxygen atoms in total. The number of hydrogen-bond donors (Lipinski definition) is 4. The topological polar surface area (TPSA) is 105 Å². The Morgan fingerprint density at radius 3 is 1.87 bits per heavy atom. The zero-order chi connectivity index (χ0) is 23.7. The van der Waals surface area contributed by atoms with Crippen LogP contribution in [0, 0.1) is 5.41 Å². The van der Waals surface area contributed by atoms with Crippen molar-refractivity contribution in [2.75, 3.05) is 17.3 Å². The number of H-pyrrole nitrogens is 1. The van der Waals surface area contributed by atoms with E-state index in [9.17, 15) is 0 Å². The van der Waals surface area contributed by atoms with E-state index < -0.39 is 0 Å². The molecule has 1 aromatic heterocycles. The first-order valence-electron chi connectivity index (χ1n) is 9.06. The normalized spacial score (nSPS) is 8.55. The smallest absolute Gasteiger partial charge is 0.122 e. The Morgan fingerprint density at radius 2 is 1.45 bits per heavy atom. The van der Waals surface area contributed by atoms with Crippen LogP contribution in [0.3, 0.4) is 0 Å². The number of imidazole rings is 1. The first kappa shape index (κ1) is 34.9. The summed E-state index contributed by atoms with van der Waals surface area (Å²) in [5.74, 6) is 1.36. The summed E-state index contributed by atoms with van der Waals surface area (Å²) in [6.45, 7) is 8.00. The van der Waals surface area contributed by atoms with Gasteiger partial charge in [-0.1, -0.05) is 71.2 Å². The van der Waals surface area contributed by atoms with Crippen LogP contribution in [0.1, 0.15) is 33.5 Å². The van der Waals surface area contributed by atoms with Crippen LogP contribution in [0.25, 0.3) is 11.0 Å². The molecule has 0 aliphatic heterocycles. The zero-order valence-corrected chi connectivity index (χ0v) is 24.0. The van der Waals surface area contributed by atoms with Crippen molar-refractivity contribution in [3.8, 4) is 0 Å². The Labute approximate surface area is 222 Å². The number of rotatable bonds is 2. The molecule has 3 rings (SSSR count). The second-order valence-corrected chi connectivity index (χ2v) is 7.61. The van der Waals surface area contributed by atoms with Gasteiger partial charge in [-0.25, -0.2) is 4.98 Å². The van der Waals surface area contributed by atoms with Gasteiger partial charge in [0.15, 0.2) is 0 Å². The molecule has 0 aliphatic rings. The van der Waals surface area contributed by atoms with Crippen LogP contribution in [0.15, 0.2) is 45.3 Å². The number of aromatic amines is 1. The van der Waals surface area contributed by atoms with E-state index in [4.69, 9.17) is 51.7 Å². The minimum absolute atomic E-state index is 0. The summed E-state index contributed by atoms with van der Waals surface area (Å²) in [6, 6.07) is 11.3. The molecule has 0 saturated carbocycles. The monoisotopic (exact) mass is 637 g/mol. The van der Waals surface area contributed by atoms with Gasteiger partial charge in [0.1, 0.15) is 11.0 Å². The fourth-order valence-electron chi connectivity index (χ4n) is 1.64. The fourth-order valence-corrected chi connectivity index (χ4v) is 2.51. The van der Waals surface area contributed by atoms with Crippen molar-refractivity contribution in [1.29, 1.82) is 5.41 Å². The van der Waals surface area contributed by atoms with Crippen LogP contribution in [-0.2, 0) is 5.88 Å². The molecular formula is C20H29Br2Cl4N5. The number of aromatic nitrogens is 2. The maximum atomic E-state index is 6.38. The summed E-state index contributed by atoms with van der Waals surface area (Å²) >= 11 is 22.2. The van der Waals surface area contributed by atoms with Crippen molar-refractivity contribution in [3.63, 3.8) is 0 Å². The summed E-state index contributed by atoms with van der Waals surface area (Å²) in [5, 5.41) is 6.37. The lowest BCUT2D eigenvalue weighted by Gasteiger charge is -1.97. The van der Waals surface area contributed by atoms with E-state index in [0.29, 0.717) is 17.3 Å². The third kappa shape index (κ3) is 15.7. The third-order valence-corrected chi connectivity index (χ3v) is 4.56. The van der Waals surface area contributed by atoms with Gasteiger partial charge in [0.2, 0.25) is 0 Å². The van der Waals surface area contributed by atoms with Gasteiger partial charge < -0.3 is 16.5 Å². The highest BCUT2D eigenvalue weighted by atomic mass is 79.9. The molecule has 0 amide bonds. The van der Waals surface area contributed by atoms with Crippen LogP contribution in [0.2, 0.25) is 0 Å². The third-order valence-electron chi connectivity index (χ3n) is 2.79.